The molecule has 0 unspecified atom stereocenters. The van der Waals surface area contributed by atoms with Crippen LogP contribution in [-0.2, 0) is 4.79 Å². The molecule has 1 N–H and O–H groups in total. The van der Waals surface area contributed by atoms with E-state index in [1.54, 1.807) is 25.3 Å². The van der Waals surface area contributed by atoms with Crippen molar-refractivity contribution in [2.24, 2.45) is 0 Å². The van der Waals surface area contributed by atoms with E-state index in [2.05, 4.69) is 20.5 Å². The van der Waals surface area contributed by atoms with E-state index in [0.717, 1.165) is 9.35 Å². The Morgan fingerprint density at radius 2 is 2.32 bits per heavy atom. The van der Waals surface area contributed by atoms with Crippen molar-refractivity contribution in [2.45, 2.75) is 23.4 Å². The van der Waals surface area contributed by atoms with Gasteiger partial charge in [0.25, 0.3) is 0 Å². The molecule has 2 heterocycles. The zero-order valence-electron chi connectivity index (χ0n) is 10.3. The molecule has 2 rings (SSSR count). The van der Waals surface area contributed by atoms with Gasteiger partial charge in [0.15, 0.2) is 9.49 Å². The summed E-state index contributed by atoms with van der Waals surface area (Å²) in [6, 6.07) is 3.42. The molecule has 2 aromatic rings. The maximum absolute atomic E-state index is 12.0. The van der Waals surface area contributed by atoms with Gasteiger partial charge in [-0.1, -0.05) is 34.7 Å². The number of anilines is 1. The van der Waals surface area contributed by atoms with Crippen molar-refractivity contribution in [1.82, 2.24) is 15.2 Å². The molecule has 1 amide bonds. The number of nitrogens with one attached hydrogen (secondary N) is 1. The summed E-state index contributed by atoms with van der Waals surface area (Å²) >= 11 is 8.72. The fourth-order valence-electron chi connectivity index (χ4n) is 1.24. The van der Waals surface area contributed by atoms with Crippen LogP contribution in [0.25, 0.3) is 0 Å². The Labute approximate surface area is 123 Å². The third kappa shape index (κ3) is 3.89. The van der Waals surface area contributed by atoms with E-state index >= 15 is 0 Å². The SMILES string of the molecule is Cc1nnc(S[C@H](C)C(=O)Nc2cccnc2Cl)s1. The number of rotatable bonds is 4. The summed E-state index contributed by atoms with van der Waals surface area (Å²) in [6.07, 6.45) is 1.57. The topological polar surface area (TPSA) is 67.8 Å². The van der Waals surface area contributed by atoms with Gasteiger partial charge in [-0.2, -0.15) is 0 Å². The average molecular weight is 315 g/mol. The van der Waals surface area contributed by atoms with Crippen molar-refractivity contribution in [1.29, 1.82) is 0 Å². The predicted molar refractivity (Wildman–Crippen MR) is 77.8 cm³/mol. The van der Waals surface area contributed by atoms with Crippen LogP contribution in [0.3, 0.4) is 0 Å². The van der Waals surface area contributed by atoms with Crippen LogP contribution in [0.15, 0.2) is 22.7 Å². The maximum atomic E-state index is 12.0. The number of aryl methyl sites for hydroxylation is 1. The van der Waals surface area contributed by atoms with E-state index < -0.39 is 0 Å². The van der Waals surface area contributed by atoms with Crippen LogP contribution in [-0.4, -0.2) is 26.3 Å². The van der Waals surface area contributed by atoms with Crippen molar-refractivity contribution in [3.8, 4) is 0 Å². The van der Waals surface area contributed by atoms with Crippen LogP contribution in [0.1, 0.15) is 11.9 Å². The summed E-state index contributed by atoms with van der Waals surface area (Å²) in [5, 5.41) is 11.5. The number of carbonyl (C=O) groups is 1. The van der Waals surface area contributed by atoms with Crippen molar-refractivity contribution in [3.63, 3.8) is 0 Å². The van der Waals surface area contributed by atoms with E-state index in [0.29, 0.717) is 5.69 Å². The number of nitrogens with zero attached hydrogens (tertiary/aromatic N) is 3. The lowest BCUT2D eigenvalue weighted by Crippen LogP contribution is -2.22. The second-order valence-corrected chi connectivity index (χ2v) is 6.81. The van der Waals surface area contributed by atoms with Crippen LogP contribution >= 0.6 is 34.7 Å². The fraction of sp³-hybridized carbons (Fsp3) is 0.273. The molecular weight excluding hydrogens is 304 g/mol. The molecule has 1 atom stereocenters. The van der Waals surface area contributed by atoms with Gasteiger partial charge in [-0.25, -0.2) is 4.98 Å². The third-order valence-electron chi connectivity index (χ3n) is 2.17. The molecule has 0 aromatic carbocycles. The smallest absolute Gasteiger partial charge is 0.237 e. The molecule has 0 saturated carbocycles. The third-order valence-corrected chi connectivity index (χ3v) is 4.50. The Morgan fingerprint density at radius 1 is 1.53 bits per heavy atom. The number of hydrogen-bond donors (Lipinski definition) is 1. The van der Waals surface area contributed by atoms with Gasteiger partial charge in [-0.05, 0) is 26.0 Å². The lowest BCUT2D eigenvalue weighted by molar-refractivity contribution is -0.115. The molecule has 0 bridgehead atoms. The first-order valence-corrected chi connectivity index (χ1v) is 7.52. The van der Waals surface area contributed by atoms with Gasteiger partial charge >= 0.3 is 0 Å². The molecule has 8 heteroatoms. The Hall–Kier alpha value is -1.18. The Bertz CT molecular complexity index is 590. The fourth-order valence-corrected chi connectivity index (χ4v) is 3.37. The second-order valence-electron chi connectivity index (χ2n) is 3.68. The first-order chi connectivity index (χ1) is 9.06. The molecule has 0 aliphatic rings. The van der Waals surface area contributed by atoms with E-state index in [-0.39, 0.29) is 16.3 Å². The summed E-state index contributed by atoms with van der Waals surface area (Å²) in [6.45, 7) is 3.68. The predicted octanol–water partition coefficient (Wildman–Crippen LogP) is 3.01. The Balaban J connectivity index is 1.98. The molecule has 2 aromatic heterocycles. The molecule has 0 aliphatic heterocycles. The molecule has 0 radical (unpaired) electrons. The first-order valence-electron chi connectivity index (χ1n) is 5.44. The summed E-state index contributed by atoms with van der Waals surface area (Å²) in [4.78, 5) is 15.9. The Kier molecular flexibility index (Phi) is 4.73. The van der Waals surface area contributed by atoms with Crippen LogP contribution in [0.4, 0.5) is 5.69 Å². The van der Waals surface area contributed by atoms with Gasteiger partial charge in [0.05, 0.1) is 10.9 Å². The van der Waals surface area contributed by atoms with Crippen molar-refractivity contribution >= 4 is 46.3 Å². The number of hydrogen-bond acceptors (Lipinski definition) is 6. The molecule has 0 saturated heterocycles. The molecule has 100 valence electrons. The summed E-state index contributed by atoms with van der Waals surface area (Å²) in [7, 11) is 0. The highest BCUT2D eigenvalue weighted by Crippen LogP contribution is 2.27. The summed E-state index contributed by atoms with van der Waals surface area (Å²) < 4.78 is 0.775. The van der Waals surface area contributed by atoms with E-state index in [9.17, 15) is 4.79 Å². The highest BCUT2D eigenvalue weighted by molar-refractivity contribution is 8.02. The molecular formula is C11H11ClN4OS2. The van der Waals surface area contributed by atoms with Crippen molar-refractivity contribution < 1.29 is 4.79 Å². The summed E-state index contributed by atoms with van der Waals surface area (Å²) in [5.74, 6) is -0.146. The number of aromatic nitrogens is 3. The first kappa shape index (κ1) is 14.2. The van der Waals surface area contributed by atoms with Gasteiger partial charge < -0.3 is 5.32 Å². The van der Waals surface area contributed by atoms with Crippen LogP contribution < -0.4 is 5.32 Å². The Morgan fingerprint density at radius 3 is 2.95 bits per heavy atom. The normalized spacial score (nSPS) is 12.2. The number of thioether (sulfide) groups is 1. The van der Waals surface area contributed by atoms with Crippen molar-refractivity contribution in [2.75, 3.05) is 5.32 Å². The van der Waals surface area contributed by atoms with Gasteiger partial charge in [0.1, 0.15) is 5.01 Å². The molecule has 0 spiro atoms. The van der Waals surface area contributed by atoms with Crippen LogP contribution in [0, 0.1) is 6.92 Å². The van der Waals surface area contributed by atoms with Gasteiger partial charge in [-0.3, -0.25) is 4.79 Å². The minimum atomic E-state index is -0.288. The number of pyridine rings is 1. The van der Waals surface area contributed by atoms with Crippen molar-refractivity contribution in [3.05, 3.63) is 28.5 Å². The number of amides is 1. The number of halogens is 1. The summed E-state index contributed by atoms with van der Waals surface area (Å²) in [5.41, 5.74) is 0.509. The van der Waals surface area contributed by atoms with E-state index in [4.69, 9.17) is 11.6 Å². The zero-order chi connectivity index (χ0) is 13.8. The maximum Gasteiger partial charge on any atom is 0.237 e. The highest BCUT2D eigenvalue weighted by Gasteiger charge is 2.17. The van der Waals surface area contributed by atoms with Gasteiger partial charge in [0.2, 0.25) is 5.91 Å². The standard InChI is InChI=1S/C11H11ClN4OS2/c1-6(18-11-16-15-7(2)19-11)10(17)14-8-4-3-5-13-9(8)12/h3-6H,1-2H3,(H,14,17)/t6-/m1/s1. The average Bonchev–Trinajstić information content (AvgIpc) is 2.77. The lowest BCUT2D eigenvalue weighted by Gasteiger charge is -2.10. The highest BCUT2D eigenvalue weighted by atomic mass is 35.5. The molecule has 19 heavy (non-hydrogen) atoms. The minimum absolute atomic E-state index is 0.146. The van der Waals surface area contributed by atoms with Crippen LogP contribution in [0.5, 0.6) is 0 Å². The quantitative estimate of drug-likeness (QED) is 0.694. The van der Waals surface area contributed by atoms with Crippen LogP contribution in [0.2, 0.25) is 5.15 Å². The van der Waals surface area contributed by atoms with E-state index in [1.165, 1.54) is 23.1 Å². The lowest BCUT2D eigenvalue weighted by atomic mass is 10.4. The molecule has 0 fully saturated rings. The monoisotopic (exact) mass is 314 g/mol. The zero-order valence-corrected chi connectivity index (χ0v) is 12.6. The van der Waals surface area contributed by atoms with Gasteiger partial charge in [-0.15, -0.1) is 10.2 Å². The minimum Gasteiger partial charge on any atom is -0.322 e. The largest absolute Gasteiger partial charge is 0.322 e. The molecule has 0 aliphatic carbocycles. The second kappa shape index (κ2) is 6.31. The van der Waals surface area contributed by atoms with E-state index in [1.807, 2.05) is 6.92 Å². The molecule has 5 nitrogen and oxygen atoms in total. The van der Waals surface area contributed by atoms with Gasteiger partial charge in [0, 0.05) is 6.20 Å². The number of carbonyl (C=O) groups excluding carboxylic acids is 1.